The summed E-state index contributed by atoms with van der Waals surface area (Å²) in [5.41, 5.74) is 0. The van der Waals surface area contributed by atoms with E-state index in [1.54, 1.807) is 6.92 Å². The maximum absolute atomic E-state index is 11.3. The molecule has 0 aromatic carbocycles. The zero-order valence-electron chi connectivity index (χ0n) is 9.46. The van der Waals surface area contributed by atoms with Gasteiger partial charge in [0.2, 0.25) is 10.0 Å². The van der Waals surface area contributed by atoms with Crippen LogP contribution >= 0.6 is 0 Å². The third-order valence-electron chi connectivity index (χ3n) is 2.82. The summed E-state index contributed by atoms with van der Waals surface area (Å²) in [5, 5.41) is 3.22. The van der Waals surface area contributed by atoms with Gasteiger partial charge in [-0.2, -0.15) is 0 Å². The molecule has 0 atom stereocenters. The molecule has 4 nitrogen and oxygen atoms in total. The van der Waals surface area contributed by atoms with Crippen molar-refractivity contribution in [2.75, 3.05) is 25.4 Å². The first kappa shape index (κ1) is 12.9. The van der Waals surface area contributed by atoms with Gasteiger partial charge in [0.05, 0.1) is 5.75 Å². The van der Waals surface area contributed by atoms with Crippen molar-refractivity contribution < 1.29 is 8.42 Å². The average molecular weight is 234 g/mol. The minimum Gasteiger partial charge on any atom is -0.315 e. The molecule has 1 aliphatic rings. The Hall–Kier alpha value is -0.130. The lowest BCUT2D eigenvalue weighted by atomic mass is 10.1. The molecule has 1 aliphatic carbocycles. The summed E-state index contributed by atoms with van der Waals surface area (Å²) in [5.74, 6) is 0.958. The summed E-state index contributed by atoms with van der Waals surface area (Å²) in [6.45, 7) is 3.81. The number of nitrogens with one attached hydrogen (secondary N) is 2. The molecule has 1 saturated carbocycles. The molecule has 15 heavy (non-hydrogen) atoms. The molecule has 2 N–H and O–H groups in total. The largest absolute Gasteiger partial charge is 0.315 e. The Labute approximate surface area is 92.9 Å². The van der Waals surface area contributed by atoms with Crippen LogP contribution in [0.25, 0.3) is 0 Å². The van der Waals surface area contributed by atoms with E-state index in [4.69, 9.17) is 0 Å². The second kappa shape index (κ2) is 6.45. The lowest BCUT2D eigenvalue weighted by molar-refractivity contribution is 0.496. The van der Waals surface area contributed by atoms with Gasteiger partial charge in [0, 0.05) is 13.1 Å². The van der Waals surface area contributed by atoms with E-state index < -0.39 is 10.0 Å². The molecular weight excluding hydrogens is 212 g/mol. The highest BCUT2D eigenvalue weighted by atomic mass is 32.2. The van der Waals surface area contributed by atoms with Gasteiger partial charge < -0.3 is 5.32 Å². The molecular formula is C10H22N2O2S. The van der Waals surface area contributed by atoms with Crippen molar-refractivity contribution in [2.45, 2.75) is 32.6 Å². The number of hydrogen-bond acceptors (Lipinski definition) is 3. The smallest absolute Gasteiger partial charge is 0.212 e. The topological polar surface area (TPSA) is 58.2 Å². The quantitative estimate of drug-likeness (QED) is 0.638. The number of hydrogen-bond donors (Lipinski definition) is 2. The van der Waals surface area contributed by atoms with Crippen molar-refractivity contribution in [2.24, 2.45) is 5.92 Å². The Morgan fingerprint density at radius 3 is 2.53 bits per heavy atom. The third-order valence-corrected chi connectivity index (χ3v) is 4.29. The van der Waals surface area contributed by atoms with Gasteiger partial charge in [0.25, 0.3) is 0 Å². The Balaban J connectivity index is 2.05. The van der Waals surface area contributed by atoms with Gasteiger partial charge in [-0.15, -0.1) is 0 Å². The second-order valence-electron chi connectivity index (χ2n) is 4.17. The highest BCUT2D eigenvalue weighted by Crippen LogP contribution is 2.23. The zero-order chi connectivity index (χ0) is 11.1. The molecule has 0 saturated heterocycles. The highest BCUT2D eigenvalue weighted by molar-refractivity contribution is 7.89. The van der Waals surface area contributed by atoms with Gasteiger partial charge in [-0.05, 0) is 25.3 Å². The fraction of sp³-hybridized carbons (Fsp3) is 1.00. The summed E-state index contributed by atoms with van der Waals surface area (Å²) in [6, 6.07) is 0. The average Bonchev–Trinajstić information content (AvgIpc) is 2.65. The third kappa shape index (κ3) is 5.49. The summed E-state index contributed by atoms with van der Waals surface area (Å²) >= 11 is 0. The molecule has 0 bridgehead atoms. The second-order valence-corrected chi connectivity index (χ2v) is 6.10. The molecule has 0 amide bonds. The van der Waals surface area contributed by atoms with E-state index in [0.717, 1.165) is 12.5 Å². The van der Waals surface area contributed by atoms with Crippen LogP contribution in [0.3, 0.4) is 0 Å². The van der Waals surface area contributed by atoms with E-state index in [1.165, 1.54) is 25.7 Å². The SMILES string of the molecule is CCNS(=O)(=O)CCNCC1CCCC1. The van der Waals surface area contributed by atoms with Crippen LogP contribution < -0.4 is 10.0 Å². The predicted molar refractivity (Wildman–Crippen MR) is 62.3 cm³/mol. The van der Waals surface area contributed by atoms with Gasteiger partial charge in [0.1, 0.15) is 0 Å². The fourth-order valence-electron chi connectivity index (χ4n) is 2.02. The molecule has 5 heteroatoms. The van der Waals surface area contributed by atoms with Gasteiger partial charge in [-0.1, -0.05) is 19.8 Å². The predicted octanol–water partition coefficient (Wildman–Crippen LogP) is 0.705. The van der Waals surface area contributed by atoms with E-state index in [9.17, 15) is 8.42 Å². The van der Waals surface area contributed by atoms with Gasteiger partial charge in [-0.3, -0.25) is 0 Å². The number of sulfonamides is 1. The minimum absolute atomic E-state index is 0.188. The Morgan fingerprint density at radius 1 is 1.27 bits per heavy atom. The van der Waals surface area contributed by atoms with Crippen LogP contribution in [0.1, 0.15) is 32.6 Å². The molecule has 0 aromatic rings. The van der Waals surface area contributed by atoms with E-state index in [-0.39, 0.29) is 5.75 Å². The fourth-order valence-corrected chi connectivity index (χ4v) is 3.02. The normalized spacial score (nSPS) is 18.5. The summed E-state index contributed by atoms with van der Waals surface area (Å²) in [4.78, 5) is 0. The van der Waals surface area contributed by atoms with Crippen molar-refractivity contribution in [3.05, 3.63) is 0 Å². The molecule has 1 rings (SSSR count). The van der Waals surface area contributed by atoms with Gasteiger partial charge in [0.15, 0.2) is 0 Å². The van der Waals surface area contributed by atoms with Crippen molar-refractivity contribution in [3.63, 3.8) is 0 Å². The van der Waals surface area contributed by atoms with Crippen LogP contribution in [0.2, 0.25) is 0 Å². The minimum atomic E-state index is -3.04. The summed E-state index contributed by atoms with van der Waals surface area (Å²) < 4.78 is 25.0. The van der Waals surface area contributed by atoms with Crippen LogP contribution in [-0.2, 0) is 10.0 Å². The van der Waals surface area contributed by atoms with Crippen LogP contribution in [0, 0.1) is 5.92 Å². The molecule has 0 unspecified atom stereocenters. The Kier molecular flexibility index (Phi) is 5.56. The molecule has 90 valence electrons. The highest BCUT2D eigenvalue weighted by Gasteiger charge is 2.14. The maximum Gasteiger partial charge on any atom is 0.212 e. The number of rotatable bonds is 7. The molecule has 0 heterocycles. The first-order chi connectivity index (χ1) is 7.14. The Bertz CT molecular complexity index is 259. The van der Waals surface area contributed by atoms with E-state index in [0.29, 0.717) is 13.1 Å². The first-order valence-corrected chi connectivity index (χ1v) is 7.47. The van der Waals surface area contributed by atoms with Crippen molar-refractivity contribution >= 4 is 10.0 Å². The van der Waals surface area contributed by atoms with E-state index >= 15 is 0 Å². The first-order valence-electron chi connectivity index (χ1n) is 5.82. The van der Waals surface area contributed by atoms with Crippen LogP contribution in [0.15, 0.2) is 0 Å². The maximum atomic E-state index is 11.3. The molecule has 0 radical (unpaired) electrons. The van der Waals surface area contributed by atoms with Crippen molar-refractivity contribution in [1.29, 1.82) is 0 Å². The Morgan fingerprint density at radius 2 is 1.93 bits per heavy atom. The van der Waals surface area contributed by atoms with Crippen LogP contribution in [0.4, 0.5) is 0 Å². The zero-order valence-corrected chi connectivity index (χ0v) is 10.3. The lowest BCUT2D eigenvalue weighted by Crippen LogP contribution is -2.33. The van der Waals surface area contributed by atoms with E-state index in [2.05, 4.69) is 10.0 Å². The summed E-state index contributed by atoms with van der Waals surface area (Å²) in [7, 11) is -3.04. The van der Waals surface area contributed by atoms with Crippen molar-refractivity contribution in [1.82, 2.24) is 10.0 Å². The summed E-state index contributed by atoms with van der Waals surface area (Å²) in [6.07, 6.45) is 5.27. The molecule has 1 fully saturated rings. The standard InChI is InChI=1S/C10H22N2O2S/c1-2-12-15(13,14)8-7-11-9-10-5-3-4-6-10/h10-12H,2-9H2,1H3. The molecule has 0 aromatic heterocycles. The van der Waals surface area contributed by atoms with E-state index in [1.807, 2.05) is 0 Å². The monoisotopic (exact) mass is 234 g/mol. The molecule has 0 spiro atoms. The lowest BCUT2D eigenvalue weighted by Gasteiger charge is -2.10. The van der Waals surface area contributed by atoms with Crippen molar-refractivity contribution in [3.8, 4) is 0 Å². The molecule has 0 aliphatic heterocycles. The van der Waals surface area contributed by atoms with Gasteiger partial charge in [-0.25, -0.2) is 13.1 Å². The van der Waals surface area contributed by atoms with Gasteiger partial charge >= 0.3 is 0 Å². The van der Waals surface area contributed by atoms with Crippen LogP contribution in [0.5, 0.6) is 0 Å². The van der Waals surface area contributed by atoms with Crippen LogP contribution in [-0.4, -0.2) is 33.8 Å².